The Kier molecular flexibility index (Phi) is 5.89. The third-order valence-corrected chi connectivity index (χ3v) is 5.89. The zero-order chi connectivity index (χ0) is 24.6. The van der Waals surface area contributed by atoms with Crippen LogP contribution in [-0.4, -0.2) is 60.7 Å². The minimum Gasteiger partial charge on any atom is -0.444 e. The fraction of sp³-hybridized carbons (Fsp3) is 0.360. The lowest BCUT2D eigenvalue weighted by atomic mass is 10.1. The third kappa shape index (κ3) is 4.83. The van der Waals surface area contributed by atoms with Crippen molar-refractivity contribution >= 4 is 45.2 Å². The topological polar surface area (TPSA) is 127 Å². The Morgan fingerprint density at radius 1 is 1.23 bits per heavy atom. The van der Waals surface area contributed by atoms with Gasteiger partial charge in [0.1, 0.15) is 23.4 Å². The maximum atomic E-state index is 12.4. The first-order valence-electron chi connectivity index (χ1n) is 11.7. The van der Waals surface area contributed by atoms with Gasteiger partial charge in [-0.1, -0.05) is 6.08 Å². The number of rotatable bonds is 5. The highest BCUT2D eigenvalue weighted by Gasteiger charge is 2.24. The zero-order valence-electron chi connectivity index (χ0n) is 20.2. The first kappa shape index (κ1) is 22.9. The molecule has 0 spiro atoms. The molecule has 0 bridgehead atoms. The molecule has 35 heavy (non-hydrogen) atoms. The Morgan fingerprint density at radius 2 is 2.09 bits per heavy atom. The van der Waals surface area contributed by atoms with Gasteiger partial charge in [-0.05, 0) is 57.0 Å². The summed E-state index contributed by atoms with van der Waals surface area (Å²) in [5.41, 5.74) is 10.9. The van der Waals surface area contributed by atoms with E-state index in [1.165, 1.54) is 0 Å². The highest BCUT2D eigenvalue weighted by Crippen LogP contribution is 2.30. The number of amides is 1. The monoisotopic (exact) mass is 474 g/mol. The van der Waals surface area contributed by atoms with Crippen LogP contribution in [0.1, 0.15) is 32.9 Å². The fourth-order valence-corrected chi connectivity index (χ4v) is 4.21. The van der Waals surface area contributed by atoms with Crippen LogP contribution in [0.4, 0.5) is 16.3 Å². The molecule has 5 rings (SSSR count). The van der Waals surface area contributed by atoms with Crippen LogP contribution in [0, 0.1) is 0 Å². The van der Waals surface area contributed by atoms with Gasteiger partial charge in [0.2, 0.25) is 0 Å². The minimum absolute atomic E-state index is 0.286. The van der Waals surface area contributed by atoms with E-state index < -0.39 is 5.60 Å². The summed E-state index contributed by atoms with van der Waals surface area (Å²) in [4.78, 5) is 30.8. The predicted molar refractivity (Wildman–Crippen MR) is 136 cm³/mol. The molecule has 4 N–H and O–H groups in total. The summed E-state index contributed by atoms with van der Waals surface area (Å²) in [5, 5.41) is 4.32. The van der Waals surface area contributed by atoms with Crippen LogP contribution in [-0.2, 0) is 11.3 Å². The Labute approximate surface area is 203 Å². The van der Waals surface area contributed by atoms with Gasteiger partial charge in [0.05, 0.1) is 22.7 Å². The van der Waals surface area contributed by atoms with Gasteiger partial charge in [-0.15, -0.1) is 0 Å². The molecule has 1 aliphatic heterocycles. The molecule has 4 heterocycles. The van der Waals surface area contributed by atoms with E-state index in [2.05, 4.69) is 43.5 Å². The van der Waals surface area contributed by atoms with Crippen molar-refractivity contribution in [1.29, 1.82) is 0 Å². The average Bonchev–Trinajstić information content (AvgIpc) is 3.43. The fourth-order valence-electron chi connectivity index (χ4n) is 4.21. The number of imidazole rings is 1. The van der Waals surface area contributed by atoms with Crippen molar-refractivity contribution in [3.63, 3.8) is 0 Å². The molecular formula is C25H30N8O2. The molecule has 10 nitrogen and oxygen atoms in total. The largest absolute Gasteiger partial charge is 0.444 e. The number of hydrogen-bond donors (Lipinski definition) is 3. The lowest BCUT2D eigenvalue weighted by Gasteiger charge is -2.29. The summed E-state index contributed by atoms with van der Waals surface area (Å²) in [7, 11) is 0. The van der Waals surface area contributed by atoms with Gasteiger partial charge < -0.3 is 30.2 Å². The van der Waals surface area contributed by atoms with Crippen molar-refractivity contribution in [2.45, 2.75) is 39.3 Å². The van der Waals surface area contributed by atoms with Gasteiger partial charge in [0, 0.05) is 37.6 Å². The third-order valence-electron chi connectivity index (χ3n) is 5.89. The van der Waals surface area contributed by atoms with Crippen LogP contribution in [0.15, 0.2) is 43.0 Å². The first-order chi connectivity index (χ1) is 16.8. The molecule has 0 atom stereocenters. The van der Waals surface area contributed by atoms with Gasteiger partial charge >= 0.3 is 6.09 Å². The lowest BCUT2D eigenvalue weighted by molar-refractivity contribution is 0.0270. The Hall–Kier alpha value is -3.92. The van der Waals surface area contributed by atoms with Gasteiger partial charge in [0.15, 0.2) is 0 Å². The highest BCUT2D eigenvalue weighted by atomic mass is 16.6. The minimum atomic E-state index is -0.505. The number of nitrogens with two attached hydrogens (primary N) is 1. The molecular weight excluding hydrogens is 444 g/mol. The molecule has 4 aromatic rings. The van der Waals surface area contributed by atoms with Crippen LogP contribution in [0.2, 0.25) is 0 Å². The molecule has 3 aromatic heterocycles. The van der Waals surface area contributed by atoms with E-state index in [9.17, 15) is 4.79 Å². The molecule has 1 amide bonds. The molecule has 1 aliphatic rings. The van der Waals surface area contributed by atoms with Crippen molar-refractivity contribution in [3.05, 3.63) is 48.7 Å². The van der Waals surface area contributed by atoms with Gasteiger partial charge in [-0.3, -0.25) is 0 Å². The Morgan fingerprint density at radius 3 is 2.83 bits per heavy atom. The van der Waals surface area contributed by atoms with Crippen molar-refractivity contribution < 1.29 is 9.53 Å². The second-order valence-electron chi connectivity index (χ2n) is 9.63. The zero-order valence-corrected chi connectivity index (χ0v) is 20.2. The van der Waals surface area contributed by atoms with Gasteiger partial charge in [-0.25, -0.2) is 19.7 Å². The second-order valence-corrected chi connectivity index (χ2v) is 9.63. The van der Waals surface area contributed by atoms with Crippen LogP contribution in [0.25, 0.3) is 27.6 Å². The summed E-state index contributed by atoms with van der Waals surface area (Å²) in [6, 6.07) is 8.08. The number of aromatic amines is 1. The number of fused-ring (bicyclic) bond motifs is 2. The maximum absolute atomic E-state index is 12.4. The van der Waals surface area contributed by atoms with Crippen LogP contribution in [0.5, 0.6) is 0 Å². The molecule has 0 aliphatic carbocycles. The van der Waals surface area contributed by atoms with Crippen LogP contribution in [0.3, 0.4) is 0 Å². The molecule has 0 saturated heterocycles. The molecule has 0 radical (unpaired) electrons. The molecule has 0 saturated carbocycles. The van der Waals surface area contributed by atoms with E-state index in [4.69, 9.17) is 10.5 Å². The Balaban J connectivity index is 1.37. The molecule has 0 unspecified atom stereocenters. The quantitative estimate of drug-likeness (QED) is 0.398. The molecule has 1 aromatic carbocycles. The van der Waals surface area contributed by atoms with E-state index >= 15 is 0 Å². The van der Waals surface area contributed by atoms with E-state index in [1.807, 2.05) is 43.8 Å². The van der Waals surface area contributed by atoms with Crippen molar-refractivity contribution in [2.24, 2.45) is 5.73 Å². The normalized spacial score (nSPS) is 14.4. The predicted octanol–water partition coefficient (Wildman–Crippen LogP) is 4.03. The van der Waals surface area contributed by atoms with Crippen molar-refractivity contribution in [2.75, 3.05) is 25.0 Å². The SMILES string of the molecule is CC(C)(C)OC(=O)N1CC=C(c2cc3c(Nc4ccc5ncn(CCN)c5c4)ncnc3[nH]2)CC1. The summed E-state index contributed by atoms with van der Waals surface area (Å²) >= 11 is 0. The number of hydrogen-bond acceptors (Lipinski definition) is 7. The molecule has 182 valence electrons. The van der Waals surface area contributed by atoms with Crippen LogP contribution < -0.4 is 11.1 Å². The highest BCUT2D eigenvalue weighted by molar-refractivity contribution is 5.93. The number of nitrogens with zero attached hydrogens (tertiary/aromatic N) is 5. The smallest absolute Gasteiger partial charge is 0.410 e. The van der Waals surface area contributed by atoms with Crippen molar-refractivity contribution in [1.82, 2.24) is 29.4 Å². The number of nitrogens with one attached hydrogen (secondary N) is 2. The number of carbonyl (C=O) groups is 1. The van der Waals surface area contributed by atoms with E-state index in [1.54, 1.807) is 11.2 Å². The van der Waals surface area contributed by atoms with Gasteiger partial charge in [0.25, 0.3) is 0 Å². The number of H-pyrrole nitrogens is 1. The maximum Gasteiger partial charge on any atom is 0.410 e. The summed E-state index contributed by atoms with van der Waals surface area (Å²) < 4.78 is 7.53. The van der Waals surface area contributed by atoms with Crippen LogP contribution >= 0.6 is 0 Å². The number of benzene rings is 1. The summed E-state index contributed by atoms with van der Waals surface area (Å²) in [5.74, 6) is 0.716. The number of ether oxygens (including phenoxy) is 1. The average molecular weight is 475 g/mol. The number of aromatic nitrogens is 5. The van der Waals surface area contributed by atoms with E-state index in [0.717, 1.165) is 45.4 Å². The van der Waals surface area contributed by atoms with E-state index in [0.29, 0.717) is 32.0 Å². The molecule has 0 fully saturated rings. The van der Waals surface area contributed by atoms with E-state index in [-0.39, 0.29) is 6.09 Å². The second kappa shape index (κ2) is 9.03. The lowest BCUT2D eigenvalue weighted by Crippen LogP contribution is -2.39. The summed E-state index contributed by atoms with van der Waals surface area (Å²) in [6.45, 7) is 7.99. The number of carbonyl (C=O) groups excluding carboxylic acids is 1. The van der Waals surface area contributed by atoms with Crippen molar-refractivity contribution in [3.8, 4) is 0 Å². The summed E-state index contributed by atoms with van der Waals surface area (Å²) in [6.07, 6.45) is 5.85. The number of anilines is 2. The van der Waals surface area contributed by atoms with Gasteiger partial charge in [-0.2, -0.15) is 0 Å². The molecule has 10 heteroatoms. The Bertz CT molecular complexity index is 1410. The standard InChI is InChI=1S/C25H30N8O2/c1-25(2,3)35-24(34)32-9-6-16(7-10-32)20-13-18-22(27-14-28-23(18)31-20)30-17-4-5-19-21(12-17)33(11-8-26)15-29-19/h4-6,12-15H,7-11,26H2,1-3H3,(H2,27,28,30,31). The first-order valence-corrected chi connectivity index (χ1v) is 11.7.